The van der Waals surface area contributed by atoms with Crippen molar-refractivity contribution in [2.75, 3.05) is 19.7 Å². The van der Waals surface area contributed by atoms with Gasteiger partial charge in [0, 0.05) is 31.0 Å². The Labute approximate surface area is 106 Å². The molecule has 18 heavy (non-hydrogen) atoms. The maximum absolute atomic E-state index is 11.8. The normalized spacial score (nSPS) is 25.1. The lowest BCUT2D eigenvalue weighted by atomic mass is 9.90. The van der Waals surface area contributed by atoms with Crippen LogP contribution in [0.3, 0.4) is 0 Å². The lowest BCUT2D eigenvalue weighted by Gasteiger charge is -2.33. The van der Waals surface area contributed by atoms with Crippen LogP contribution in [0, 0.1) is 0 Å². The molecule has 0 saturated carbocycles. The van der Waals surface area contributed by atoms with Crippen LogP contribution < -0.4 is 4.74 Å². The molecule has 2 aliphatic heterocycles. The Bertz CT molecular complexity index is 460. The van der Waals surface area contributed by atoms with Crippen molar-refractivity contribution in [2.24, 2.45) is 0 Å². The Morgan fingerprint density at radius 3 is 3.17 bits per heavy atom. The van der Waals surface area contributed by atoms with E-state index in [2.05, 4.69) is 6.07 Å². The molecule has 1 amide bonds. The molecular weight excluding hydrogens is 230 g/mol. The highest BCUT2D eigenvalue weighted by molar-refractivity contribution is 5.68. The smallest absolute Gasteiger partial charge is 0.409 e. The Kier molecular flexibility index (Phi) is 2.86. The maximum atomic E-state index is 11.8. The van der Waals surface area contributed by atoms with Crippen molar-refractivity contribution < 1.29 is 14.3 Å². The van der Waals surface area contributed by atoms with Crippen molar-refractivity contribution >= 4 is 6.09 Å². The van der Waals surface area contributed by atoms with Crippen LogP contribution in [0.1, 0.15) is 24.8 Å². The summed E-state index contributed by atoms with van der Waals surface area (Å²) in [5.74, 6) is 1.26. The first-order chi connectivity index (χ1) is 8.79. The lowest BCUT2D eigenvalue weighted by Crippen LogP contribution is -2.44. The molecule has 2 heterocycles. The van der Waals surface area contributed by atoms with Gasteiger partial charge in [-0.3, -0.25) is 0 Å². The second-order valence-electron chi connectivity index (χ2n) is 4.73. The van der Waals surface area contributed by atoms with Crippen LogP contribution in [0.15, 0.2) is 24.3 Å². The standard InChI is InChI=1S/C14H17NO3/c1-2-17-14(16)15-8-7-13-11(9-15)10-5-3-4-6-12(10)18-13/h3-6,11,13H,2,7-9H2,1H3/t11-,13-/m0/s1. The van der Waals surface area contributed by atoms with E-state index >= 15 is 0 Å². The van der Waals surface area contributed by atoms with E-state index in [1.54, 1.807) is 4.90 Å². The van der Waals surface area contributed by atoms with Crippen molar-refractivity contribution in [2.45, 2.75) is 25.4 Å². The zero-order valence-corrected chi connectivity index (χ0v) is 10.5. The van der Waals surface area contributed by atoms with Gasteiger partial charge in [0.1, 0.15) is 11.9 Å². The summed E-state index contributed by atoms with van der Waals surface area (Å²) in [6.45, 7) is 3.67. The van der Waals surface area contributed by atoms with Gasteiger partial charge in [0.15, 0.2) is 0 Å². The Morgan fingerprint density at radius 1 is 1.50 bits per heavy atom. The highest BCUT2D eigenvalue weighted by Crippen LogP contribution is 2.41. The summed E-state index contributed by atoms with van der Waals surface area (Å²) in [6, 6.07) is 8.10. The molecule has 0 N–H and O–H groups in total. The van der Waals surface area contributed by atoms with Crippen molar-refractivity contribution in [3.05, 3.63) is 29.8 Å². The molecule has 3 rings (SSSR count). The summed E-state index contributed by atoms with van der Waals surface area (Å²) in [5, 5.41) is 0. The first-order valence-electron chi connectivity index (χ1n) is 6.47. The first kappa shape index (κ1) is 11.4. The number of piperidine rings is 1. The fraction of sp³-hybridized carbons (Fsp3) is 0.500. The number of carbonyl (C=O) groups excluding carboxylic acids is 1. The number of para-hydroxylation sites is 1. The van der Waals surface area contributed by atoms with E-state index in [0.29, 0.717) is 25.6 Å². The number of likely N-dealkylation sites (tertiary alicyclic amines) is 1. The molecule has 1 aromatic carbocycles. The first-order valence-corrected chi connectivity index (χ1v) is 6.47. The molecule has 0 aliphatic carbocycles. The third kappa shape index (κ3) is 1.82. The molecule has 2 aliphatic rings. The van der Waals surface area contributed by atoms with E-state index < -0.39 is 0 Å². The van der Waals surface area contributed by atoms with E-state index in [0.717, 1.165) is 12.2 Å². The molecule has 2 atom stereocenters. The lowest BCUT2D eigenvalue weighted by molar-refractivity contribution is 0.0700. The van der Waals surface area contributed by atoms with Crippen LogP contribution in [0.25, 0.3) is 0 Å². The van der Waals surface area contributed by atoms with Crippen molar-refractivity contribution in [1.29, 1.82) is 0 Å². The van der Waals surface area contributed by atoms with Crippen LogP contribution in [0.5, 0.6) is 5.75 Å². The number of hydrogen-bond donors (Lipinski definition) is 0. The minimum atomic E-state index is -0.208. The SMILES string of the molecule is CCOC(=O)N1CC[C@@H]2Oc3ccccc3[C@@H]2C1. The molecule has 4 nitrogen and oxygen atoms in total. The van der Waals surface area contributed by atoms with Gasteiger partial charge in [-0.2, -0.15) is 0 Å². The minimum Gasteiger partial charge on any atom is -0.489 e. The van der Waals surface area contributed by atoms with Crippen molar-refractivity contribution in [1.82, 2.24) is 4.90 Å². The van der Waals surface area contributed by atoms with E-state index in [4.69, 9.17) is 9.47 Å². The number of ether oxygens (including phenoxy) is 2. The molecule has 1 fully saturated rings. The minimum absolute atomic E-state index is 0.208. The third-order valence-electron chi connectivity index (χ3n) is 3.67. The van der Waals surface area contributed by atoms with Crippen LogP contribution in [-0.4, -0.2) is 36.8 Å². The average molecular weight is 247 g/mol. The zero-order chi connectivity index (χ0) is 12.5. The molecule has 1 aromatic rings. The maximum Gasteiger partial charge on any atom is 0.409 e. The topological polar surface area (TPSA) is 38.8 Å². The molecule has 0 unspecified atom stereocenters. The molecule has 0 aromatic heterocycles. The van der Waals surface area contributed by atoms with Crippen LogP contribution in [-0.2, 0) is 4.74 Å². The summed E-state index contributed by atoms with van der Waals surface area (Å²) >= 11 is 0. The number of rotatable bonds is 1. The fourth-order valence-electron chi connectivity index (χ4n) is 2.81. The van der Waals surface area contributed by atoms with Gasteiger partial charge in [-0.25, -0.2) is 4.79 Å². The predicted octanol–water partition coefficient (Wildman–Crippen LogP) is 2.39. The molecule has 4 heteroatoms. The van der Waals surface area contributed by atoms with E-state index in [-0.39, 0.29) is 12.2 Å². The quantitative estimate of drug-likeness (QED) is 0.765. The van der Waals surface area contributed by atoms with E-state index in [1.807, 2.05) is 25.1 Å². The Morgan fingerprint density at radius 2 is 2.33 bits per heavy atom. The number of fused-ring (bicyclic) bond motifs is 3. The van der Waals surface area contributed by atoms with Gasteiger partial charge in [-0.1, -0.05) is 18.2 Å². The summed E-state index contributed by atoms with van der Waals surface area (Å²) in [6.07, 6.45) is 0.881. The number of nitrogens with zero attached hydrogens (tertiary/aromatic N) is 1. The monoisotopic (exact) mass is 247 g/mol. The van der Waals surface area contributed by atoms with Crippen LogP contribution in [0.2, 0.25) is 0 Å². The number of benzene rings is 1. The molecule has 0 bridgehead atoms. The highest BCUT2D eigenvalue weighted by atomic mass is 16.6. The summed E-state index contributed by atoms with van der Waals surface area (Å²) < 4.78 is 11.0. The molecule has 0 spiro atoms. The van der Waals surface area contributed by atoms with Gasteiger partial charge in [0.25, 0.3) is 0 Å². The van der Waals surface area contributed by atoms with Gasteiger partial charge in [0.2, 0.25) is 0 Å². The van der Waals surface area contributed by atoms with Gasteiger partial charge in [-0.15, -0.1) is 0 Å². The van der Waals surface area contributed by atoms with Crippen LogP contribution in [0.4, 0.5) is 4.79 Å². The highest BCUT2D eigenvalue weighted by Gasteiger charge is 2.40. The Balaban J connectivity index is 1.77. The largest absolute Gasteiger partial charge is 0.489 e. The molecule has 96 valence electrons. The number of amides is 1. The third-order valence-corrected chi connectivity index (χ3v) is 3.67. The van der Waals surface area contributed by atoms with Gasteiger partial charge >= 0.3 is 6.09 Å². The summed E-state index contributed by atoms with van der Waals surface area (Å²) in [7, 11) is 0. The summed E-state index contributed by atoms with van der Waals surface area (Å²) in [4.78, 5) is 13.5. The van der Waals surface area contributed by atoms with Gasteiger partial charge in [0.05, 0.1) is 6.61 Å². The number of carbonyl (C=O) groups is 1. The van der Waals surface area contributed by atoms with Crippen LogP contribution >= 0.6 is 0 Å². The van der Waals surface area contributed by atoms with Crippen molar-refractivity contribution in [3.63, 3.8) is 0 Å². The fourth-order valence-corrected chi connectivity index (χ4v) is 2.81. The zero-order valence-electron chi connectivity index (χ0n) is 10.5. The van der Waals surface area contributed by atoms with Gasteiger partial charge < -0.3 is 14.4 Å². The molecular formula is C14H17NO3. The van der Waals surface area contributed by atoms with E-state index in [1.165, 1.54) is 5.56 Å². The second kappa shape index (κ2) is 4.52. The van der Waals surface area contributed by atoms with Crippen molar-refractivity contribution in [3.8, 4) is 5.75 Å². The Hall–Kier alpha value is -1.71. The number of hydrogen-bond acceptors (Lipinski definition) is 3. The second-order valence-corrected chi connectivity index (χ2v) is 4.73. The average Bonchev–Trinajstić information content (AvgIpc) is 2.76. The molecule has 0 radical (unpaired) electrons. The summed E-state index contributed by atoms with van der Waals surface area (Å²) in [5.41, 5.74) is 1.22. The molecule has 1 saturated heterocycles. The van der Waals surface area contributed by atoms with E-state index in [9.17, 15) is 4.79 Å². The predicted molar refractivity (Wildman–Crippen MR) is 66.8 cm³/mol. The van der Waals surface area contributed by atoms with Gasteiger partial charge in [-0.05, 0) is 13.0 Å².